The lowest BCUT2D eigenvalue weighted by Crippen LogP contribution is -3.00. The standard InChI is InChI=1S/C10H18N2.HI/c1-8(11)12(10-6-7-10)9-4-2-3-5-9;/h9-11H,2-7H2,1H3;1H. The molecule has 0 aliphatic heterocycles. The predicted octanol–water partition coefficient (Wildman–Crippen LogP) is -1.51. The first-order valence-corrected chi connectivity index (χ1v) is 5.16. The fourth-order valence-corrected chi connectivity index (χ4v) is 2.41. The molecule has 2 aliphatic carbocycles. The molecule has 0 unspecified atom stereocenters. The van der Waals surface area contributed by atoms with Gasteiger partial charge in [-0.2, -0.15) is 0 Å². The van der Waals surface area contributed by atoms with E-state index in [1.54, 1.807) is 0 Å². The van der Waals surface area contributed by atoms with Gasteiger partial charge in [-0.1, -0.05) is 0 Å². The number of nitrogens with zero attached hydrogens (tertiary/aromatic N) is 1. The minimum absolute atomic E-state index is 0. The first-order valence-electron chi connectivity index (χ1n) is 5.16. The van der Waals surface area contributed by atoms with Gasteiger partial charge < -0.3 is 24.0 Å². The lowest BCUT2D eigenvalue weighted by atomic mass is 10.2. The van der Waals surface area contributed by atoms with Crippen LogP contribution in [0.5, 0.6) is 0 Å². The average molecular weight is 294 g/mol. The summed E-state index contributed by atoms with van der Waals surface area (Å²) in [5.41, 5.74) is 5.90. The number of amidine groups is 1. The lowest BCUT2D eigenvalue weighted by molar-refractivity contribution is -0.579. The molecule has 3 heteroatoms. The van der Waals surface area contributed by atoms with Gasteiger partial charge in [0.25, 0.3) is 0 Å². The van der Waals surface area contributed by atoms with Crippen molar-refractivity contribution in [3.05, 3.63) is 0 Å². The van der Waals surface area contributed by atoms with Crippen molar-refractivity contribution in [1.29, 1.82) is 0 Å². The topological polar surface area (TPSA) is 29.0 Å². The predicted molar refractivity (Wildman–Crippen MR) is 50.4 cm³/mol. The van der Waals surface area contributed by atoms with Gasteiger partial charge in [-0.25, -0.2) is 0 Å². The van der Waals surface area contributed by atoms with Crippen LogP contribution in [0.2, 0.25) is 0 Å². The second-order valence-electron chi connectivity index (χ2n) is 4.22. The van der Waals surface area contributed by atoms with Crippen LogP contribution in [0.15, 0.2) is 0 Å². The van der Waals surface area contributed by atoms with Crippen molar-refractivity contribution >= 4 is 5.84 Å². The van der Waals surface area contributed by atoms with E-state index in [0.29, 0.717) is 0 Å². The van der Waals surface area contributed by atoms with Gasteiger partial charge >= 0.3 is 0 Å². The number of halogens is 1. The van der Waals surface area contributed by atoms with Crippen molar-refractivity contribution in [2.75, 3.05) is 0 Å². The third-order valence-corrected chi connectivity index (χ3v) is 3.07. The summed E-state index contributed by atoms with van der Waals surface area (Å²) in [5.74, 6) is 1.05. The molecule has 2 nitrogen and oxygen atoms in total. The SMILES string of the molecule is CC(N)=[N+](C1CCCC1)C1CC1.[I-]. The van der Waals surface area contributed by atoms with Gasteiger partial charge in [0.05, 0.1) is 12.1 Å². The zero-order chi connectivity index (χ0) is 8.55. The van der Waals surface area contributed by atoms with Crippen molar-refractivity contribution in [2.45, 2.75) is 57.5 Å². The minimum Gasteiger partial charge on any atom is -1.00 e. The van der Waals surface area contributed by atoms with E-state index in [0.717, 1.165) is 17.9 Å². The maximum absolute atomic E-state index is 5.90. The van der Waals surface area contributed by atoms with Crippen LogP contribution in [0.25, 0.3) is 0 Å². The summed E-state index contributed by atoms with van der Waals surface area (Å²) in [6, 6.07) is 1.58. The van der Waals surface area contributed by atoms with Gasteiger partial charge in [0.1, 0.15) is 0 Å². The van der Waals surface area contributed by atoms with Crippen LogP contribution in [0.4, 0.5) is 0 Å². The smallest absolute Gasteiger partial charge is 0.239 e. The third-order valence-electron chi connectivity index (χ3n) is 3.07. The van der Waals surface area contributed by atoms with E-state index < -0.39 is 0 Å². The second-order valence-corrected chi connectivity index (χ2v) is 4.22. The molecular weight excluding hydrogens is 275 g/mol. The Morgan fingerprint density at radius 1 is 1.08 bits per heavy atom. The molecule has 13 heavy (non-hydrogen) atoms. The Balaban J connectivity index is 0.000000845. The Kier molecular flexibility index (Phi) is 4.01. The van der Waals surface area contributed by atoms with E-state index in [2.05, 4.69) is 11.5 Å². The Hall–Kier alpha value is 0.200. The largest absolute Gasteiger partial charge is 1.00 e. The Morgan fingerprint density at radius 2 is 1.54 bits per heavy atom. The van der Waals surface area contributed by atoms with Gasteiger partial charge in [0, 0.05) is 6.92 Å². The molecule has 0 radical (unpaired) electrons. The number of hydrogen-bond acceptors (Lipinski definition) is 0. The molecule has 76 valence electrons. The van der Waals surface area contributed by atoms with Gasteiger partial charge in [-0.15, -0.1) is 0 Å². The summed E-state index contributed by atoms with van der Waals surface area (Å²) in [5, 5.41) is 0. The van der Waals surface area contributed by atoms with E-state index in [1.807, 2.05) is 0 Å². The van der Waals surface area contributed by atoms with Gasteiger partial charge in [-0.05, 0) is 38.5 Å². The average Bonchev–Trinajstić information content (AvgIpc) is 2.65. The molecule has 0 bridgehead atoms. The van der Waals surface area contributed by atoms with Crippen LogP contribution in [-0.2, 0) is 0 Å². The Labute approximate surface area is 97.6 Å². The maximum atomic E-state index is 5.90. The molecule has 0 spiro atoms. The minimum atomic E-state index is 0. The fourth-order valence-electron chi connectivity index (χ4n) is 2.41. The molecule has 2 N–H and O–H groups in total. The summed E-state index contributed by atoms with van der Waals surface area (Å²) < 4.78 is 2.48. The second kappa shape index (κ2) is 4.62. The molecule has 2 saturated carbocycles. The molecular formula is C10H19IN2. The van der Waals surface area contributed by atoms with Gasteiger partial charge in [-0.3, -0.25) is 10.3 Å². The van der Waals surface area contributed by atoms with Crippen molar-refractivity contribution in [1.82, 2.24) is 0 Å². The van der Waals surface area contributed by atoms with E-state index in [9.17, 15) is 0 Å². The third kappa shape index (κ3) is 2.58. The molecule has 2 rings (SSSR count). The van der Waals surface area contributed by atoms with E-state index in [-0.39, 0.29) is 24.0 Å². The highest BCUT2D eigenvalue weighted by molar-refractivity contribution is 5.72. The summed E-state index contributed by atoms with van der Waals surface area (Å²) in [4.78, 5) is 0. The van der Waals surface area contributed by atoms with Crippen molar-refractivity contribution in [3.8, 4) is 0 Å². The summed E-state index contributed by atoms with van der Waals surface area (Å²) >= 11 is 0. The highest BCUT2D eigenvalue weighted by atomic mass is 127. The quantitative estimate of drug-likeness (QED) is 0.285. The molecule has 0 saturated heterocycles. The monoisotopic (exact) mass is 294 g/mol. The normalized spacial score (nSPS) is 25.3. The number of rotatable bonds is 2. The molecule has 0 aromatic rings. The summed E-state index contributed by atoms with van der Waals surface area (Å²) in [6.45, 7) is 2.05. The van der Waals surface area contributed by atoms with Crippen LogP contribution in [0.3, 0.4) is 0 Å². The van der Waals surface area contributed by atoms with Crippen LogP contribution in [0.1, 0.15) is 45.4 Å². The van der Waals surface area contributed by atoms with Crippen LogP contribution >= 0.6 is 0 Å². The van der Waals surface area contributed by atoms with Crippen molar-refractivity contribution in [3.63, 3.8) is 0 Å². The van der Waals surface area contributed by atoms with E-state index in [1.165, 1.54) is 38.5 Å². The van der Waals surface area contributed by atoms with Crippen molar-refractivity contribution in [2.24, 2.45) is 5.73 Å². The molecule has 2 fully saturated rings. The highest BCUT2D eigenvalue weighted by Crippen LogP contribution is 2.30. The maximum Gasteiger partial charge on any atom is 0.239 e. The summed E-state index contributed by atoms with van der Waals surface area (Å²) in [6.07, 6.45) is 8.27. The molecule has 0 aromatic carbocycles. The zero-order valence-electron chi connectivity index (χ0n) is 8.30. The summed E-state index contributed by atoms with van der Waals surface area (Å²) in [7, 11) is 0. The molecule has 0 amide bonds. The van der Waals surface area contributed by atoms with Gasteiger partial charge in [0.15, 0.2) is 0 Å². The molecule has 2 aliphatic rings. The Bertz CT molecular complexity index is 199. The highest BCUT2D eigenvalue weighted by Gasteiger charge is 2.36. The van der Waals surface area contributed by atoms with E-state index >= 15 is 0 Å². The number of nitrogens with two attached hydrogens (primary N) is 1. The van der Waals surface area contributed by atoms with Crippen LogP contribution in [0, 0.1) is 0 Å². The first kappa shape index (κ1) is 11.3. The lowest BCUT2D eigenvalue weighted by Gasteiger charge is -2.14. The van der Waals surface area contributed by atoms with E-state index in [4.69, 9.17) is 5.73 Å². The van der Waals surface area contributed by atoms with Crippen LogP contribution < -0.4 is 29.7 Å². The Morgan fingerprint density at radius 3 is 1.92 bits per heavy atom. The fraction of sp³-hybridized carbons (Fsp3) is 0.900. The first-order chi connectivity index (χ1) is 5.79. The molecule has 0 atom stereocenters. The zero-order valence-corrected chi connectivity index (χ0v) is 10.5. The molecule has 0 heterocycles. The van der Waals surface area contributed by atoms with Gasteiger partial charge in [0.2, 0.25) is 5.84 Å². The number of hydrogen-bond donors (Lipinski definition) is 1. The molecule has 0 aromatic heterocycles. The van der Waals surface area contributed by atoms with Crippen LogP contribution in [-0.4, -0.2) is 22.5 Å². The van der Waals surface area contributed by atoms with Crippen molar-refractivity contribution < 1.29 is 28.6 Å².